The third-order valence-corrected chi connectivity index (χ3v) is 3.74. The number of carboxylic acids is 1. The van der Waals surface area contributed by atoms with Gasteiger partial charge in [0, 0.05) is 5.69 Å². The Labute approximate surface area is 154 Å². The highest BCUT2D eigenvalue weighted by Crippen LogP contribution is 2.24. The van der Waals surface area contributed by atoms with Crippen LogP contribution in [-0.4, -0.2) is 30.8 Å². The van der Waals surface area contributed by atoms with Crippen LogP contribution in [0.5, 0.6) is 0 Å². The molecule has 4 aromatic rings. The van der Waals surface area contributed by atoms with Gasteiger partial charge in [-0.2, -0.15) is 5.10 Å². The summed E-state index contributed by atoms with van der Waals surface area (Å²) in [6.07, 6.45) is 3.14. The zero-order valence-corrected chi connectivity index (χ0v) is 14.1. The molecular weight excluding hydrogens is 354 g/mol. The molecular formula is C18H13ClN5O2-. The molecule has 0 saturated carbocycles. The van der Waals surface area contributed by atoms with Gasteiger partial charge in [0.2, 0.25) is 0 Å². The fourth-order valence-electron chi connectivity index (χ4n) is 2.57. The number of halogens is 1. The fraction of sp³-hybridized carbons (Fsp3) is 0. The van der Waals surface area contributed by atoms with Gasteiger partial charge in [0.1, 0.15) is 12.1 Å². The van der Waals surface area contributed by atoms with Crippen molar-refractivity contribution >= 4 is 28.5 Å². The van der Waals surface area contributed by atoms with Crippen LogP contribution in [-0.2, 0) is 0 Å². The van der Waals surface area contributed by atoms with Crippen LogP contribution in [0.2, 0.25) is 0 Å². The first-order valence-electron chi connectivity index (χ1n) is 7.57. The summed E-state index contributed by atoms with van der Waals surface area (Å²) in [5.41, 5.74) is 2.40. The number of hydrogen-bond acceptors (Lipinski definition) is 5. The van der Waals surface area contributed by atoms with E-state index in [4.69, 9.17) is 5.11 Å². The maximum Gasteiger partial charge on any atom is 0.335 e. The number of benzene rings is 2. The second-order valence-corrected chi connectivity index (χ2v) is 5.36. The summed E-state index contributed by atoms with van der Waals surface area (Å²) >= 11 is 0. The van der Waals surface area contributed by atoms with E-state index in [0.29, 0.717) is 17.2 Å². The first-order valence-corrected chi connectivity index (χ1v) is 7.57. The molecule has 2 aromatic heterocycles. The van der Waals surface area contributed by atoms with Gasteiger partial charge in [0.15, 0.2) is 5.65 Å². The van der Waals surface area contributed by atoms with Crippen molar-refractivity contribution < 1.29 is 22.3 Å². The van der Waals surface area contributed by atoms with Gasteiger partial charge in [-0.05, 0) is 30.3 Å². The number of nitrogens with zero attached hydrogens (tertiary/aromatic N) is 4. The molecule has 0 unspecified atom stereocenters. The smallest absolute Gasteiger partial charge is 0.335 e. The Morgan fingerprint density at radius 1 is 1.04 bits per heavy atom. The number of carbonyl (C=O) groups is 1. The van der Waals surface area contributed by atoms with Crippen LogP contribution < -0.4 is 17.7 Å². The van der Waals surface area contributed by atoms with E-state index in [1.807, 2.05) is 30.3 Å². The topological polar surface area (TPSA) is 92.9 Å². The lowest BCUT2D eigenvalue weighted by molar-refractivity contribution is -0.0000205. The molecule has 0 amide bonds. The number of anilines is 2. The predicted octanol–water partition coefficient (Wildman–Crippen LogP) is 0.261. The lowest BCUT2D eigenvalue weighted by atomic mass is 10.2. The second-order valence-electron chi connectivity index (χ2n) is 5.36. The van der Waals surface area contributed by atoms with Gasteiger partial charge in [0.25, 0.3) is 0 Å². The molecule has 0 aliphatic heterocycles. The number of hydrogen-bond donors (Lipinski definition) is 2. The zero-order valence-electron chi connectivity index (χ0n) is 13.4. The van der Waals surface area contributed by atoms with Gasteiger partial charge in [-0.15, -0.1) is 0 Å². The van der Waals surface area contributed by atoms with Crippen LogP contribution in [0.4, 0.5) is 11.5 Å². The average Bonchev–Trinajstić information content (AvgIpc) is 3.08. The molecule has 0 atom stereocenters. The minimum atomic E-state index is -0.978. The van der Waals surface area contributed by atoms with Crippen molar-refractivity contribution in [1.29, 1.82) is 0 Å². The first-order chi connectivity index (χ1) is 12.2. The molecule has 0 saturated heterocycles. The number of rotatable bonds is 4. The summed E-state index contributed by atoms with van der Waals surface area (Å²) < 4.78 is 1.73. The minimum Gasteiger partial charge on any atom is -1.00 e. The van der Waals surface area contributed by atoms with E-state index in [9.17, 15) is 4.79 Å². The van der Waals surface area contributed by atoms with Gasteiger partial charge >= 0.3 is 5.97 Å². The zero-order chi connectivity index (χ0) is 17.2. The largest absolute Gasteiger partial charge is 1.00 e. The van der Waals surface area contributed by atoms with E-state index in [2.05, 4.69) is 20.4 Å². The Kier molecular flexibility index (Phi) is 4.81. The molecule has 0 aliphatic carbocycles. The van der Waals surface area contributed by atoms with E-state index in [1.54, 1.807) is 29.1 Å². The highest BCUT2D eigenvalue weighted by atomic mass is 35.5. The van der Waals surface area contributed by atoms with E-state index < -0.39 is 5.97 Å². The third-order valence-electron chi connectivity index (χ3n) is 3.74. The Balaban J connectivity index is 0.00000196. The van der Waals surface area contributed by atoms with Crippen LogP contribution in [0.1, 0.15) is 10.4 Å². The summed E-state index contributed by atoms with van der Waals surface area (Å²) in [6.45, 7) is 0. The Bertz CT molecular complexity index is 1070. The summed E-state index contributed by atoms with van der Waals surface area (Å²) in [4.78, 5) is 19.7. The quantitative estimate of drug-likeness (QED) is 0.538. The van der Waals surface area contributed by atoms with Gasteiger partial charge in [-0.3, -0.25) is 0 Å². The van der Waals surface area contributed by atoms with Crippen LogP contribution in [0.15, 0.2) is 67.1 Å². The molecule has 2 N–H and O–H groups in total. The lowest BCUT2D eigenvalue weighted by Gasteiger charge is -2.07. The summed E-state index contributed by atoms with van der Waals surface area (Å²) in [5.74, 6) is -0.414. The lowest BCUT2D eigenvalue weighted by Crippen LogP contribution is -3.00. The number of aromatic carboxylic acids is 1. The second kappa shape index (κ2) is 7.20. The maximum atomic E-state index is 11.1. The van der Waals surface area contributed by atoms with Crippen molar-refractivity contribution in [2.45, 2.75) is 0 Å². The number of para-hydroxylation sites is 1. The third kappa shape index (κ3) is 3.20. The normalized spacial score (nSPS) is 10.3. The van der Waals surface area contributed by atoms with E-state index >= 15 is 0 Å². The maximum absolute atomic E-state index is 11.1. The van der Waals surface area contributed by atoms with Crippen molar-refractivity contribution in [2.24, 2.45) is 0 Å². The minimum absolute atomic E-state index is 0. The fourth-order valence-corrected chi connectivity index (χ4v) is 2.57. The Hall–Kier alpha value is -3.45. The van der Waals surface area contributed by atoms with Crippen LogP contribution in [0.25, 0.3) is 16.7 Å². The van der Waals surface area contributed by atoms with Crippen LogP contribution in [0, 0.1) is 0 Å². The summed E-state index contributed by atoms with van der Waals surface area (Å²) in [5, 5.41) is 17.4. The Morgan fingerprint density at radius 3 is 2.62 bits per heavy atom. The number of fused-ring (bicyclic) bond motifs is 1. The molecule has 2 heterocycles. The number of carboxylic acid groups (broad SMARTS) is 1. The molecule has 130 valence electrons. The summed E-state index contributed by atoms with van der Waals surface area (Å²) in [7, 11) is 0. The molecule has 0 spiro atoms. The van der Waals surface area contributed by atoms with E-state index in [0.717, 1.165) is 11.1 Å². The molecule has 0 aliphatic rings. The van der Waals surface area contributed by atoms with Gasteiger partial charge < -0.3 is 22.8 Å². The average molecular weight is 367 g/mol. The van der Waals surface area contributed by atoms with Gasteiger partial charge in [-0.25, -0.2) is 19.4 Å². The number of aromatic nitrogens is 4. The van der Waals surface area contributed by atoms with Crippen molar-refractivity contribution in [3.05, 3.63) is 72.7 Å². The van der Waals surface area contributed by atoms with Crippen molar-refractivity contribution in [3.8, 4) is 5.69 Å². The Morgan fingerprint density at radius 2 is 1.85 bits per heavy atom. The predicted molar refractivity (Wildman–Crippen MR) is 93.3 cm³/mol. The van der Waals surface area contributed by atoms with Crippen molar-refractivity contribution in [2.75, 3.05) is 5.32 Å². The van der Waals surface area contributed by atoms with E-state index in [-0.39, 0.29) is 18.0 Å². The van der Waals surface area contributed by atoms with Crippen LogP contribution >= 0.6 is 0 Å². The monoisotopic (exact) mass is 366 g/mol. The van der Waals surface area contributed by atoms with Crippen molar-refractivity contribution in [1.82, 2.24) is 19.7 Å². The van der Waals surface area contributed by atoms with Gasteiger partial charge in [0.05, 0.1) is 22.8 Å². The molecule has 0 fully saturated rings. The molecule has 0 radical (unpaired) electrons. The first kappa shape index (κ1) is 17.4. The highest BCUT2D eigenvalue weighted by Gasteiger charge is 2.12. The van der Waals surface area contributed by atoms with Gasteiger partial charge in [-0.1, -0.05) is 24.3 Å². The molecule has 8 heteroatoms. The highest BCUT2D eigenvalue weighted by molar-refractivity contribution is 5.91. The van der Waals surface area contributed by atoms with Crippen LogP contribution in [0.3, 0.4) is 0 Å². The SMILES string of the molecule is O=C(O)c1cccc(Nc2ncnc3c2cnn3-c2ccccc2)c1.[Cl-]. The van der Waals surface area contributed by atoms with E-state index in [1.165, 1.54) is 12.4 Å². The molecule has 26 heavy (non-hydrogen) atoms. The number of nitrogens with one attached hydrogen (secondary N) is 1. The summed E-state index contributed by atoms with van der Waals surface area (Å²) in [6, 6.07) is 16.2. The molecule has 2 aromatic carbocycles. The molecule has 4 rings (SSSR count). The molecule has 0 bridgehead atoms. The van der Waals surface area contributed by atoms with Crippen molar-refractivity contribution in [3.63, 3.8) is 0 Å². The standard InChI is InChI=1S/C18H13N5O2.ClH/c24-18(25)12-5-4-6-13(9-12)22-16-15-10-21-23(17(15)20-11-19-16)14-7-2-1-3-8-14;/h1-11H,(H,24,25)(H,19,20,22);1H/p-1. The molecule has 7 nitrogen and oxygen atoms in total.